The van der Waals surface area contributed by atoms with Gasteiger partial charge in [-0.1, -0.05) is 6.07 Å². The van der Waals surface area contributed by atoms with Crippen LogP contribution in [0.15, 0.2) is 48.5 Å². The summed E-state index contributed by atoms with van der Waals surface area (Å²) >= 11 is 0. The van der Waals surface area contributed by atoms with Gasteiger partial charge in [0.2, 0.25) is 0 Å². The van der Waals surface area contributed by atoms with E-state index >= 15 is 0 Å². The molecule has 0 heterocycles. The van der Waals surface area contributed by atoms with Gasteiger partial charge in [0.05, 0.1) is 0 Å². The lowest BCUT2D eigenvalue weighted by atomic mass is 10.2. The van der Waals surface area contributed by atoms with Crippen molar-refractivity contribution in [3.63, 3.8) is 0 Å². The topological polar surface area (TPSA) is 135 Å². The number of anilines is 1. The number of carbonyl (C=O) groups is 2. The Kier molecular flexibility index (Phi) is 5.94. The molecule has 1 amide bonds. The second-order valence-corrected chi connectivity index (χ2v) is 4.99. The van der Waals surface area contributed by atoms with Crippen molar-refractivity contribution in [1.29, 1.82) is 5.41 Å². The van der Waals surface area contributed by atoms with Gasteiger partial charge in [0, 0.05) is 17.3 Å². The van der Waals surface area contributed by atoms with Crippen molar-refractivity contribution in [2.75, 3.05) is 18.5 Å². The highest BCUT2D eigenvalue weighted by Crippen LogP contribution is 2.17. The number of nitrogens with two attached hydrogens (primary N) is 1. The van der Waals surface area contributed by atoms with Crippen LogP contribution in [0.25, 0.3) is 0 Å². The average molecular weight is 343 g/mol. The van der Waals surface area contributed by atoms with E-state index in [2.05, 4.69) is 5.32 Å². The Morgan fingerprint density at radius 3 is 2.36 bits per heavy atom. The summed E-state index contributed by atoms with van der Waals surface area (Å²) in [5.41, 5.74) is 6.38. The van der Waals surface area contributed by atoms with Crippen molar-refractivity contribution in [1.82, 2.24) is 0 Å². The second-order valence-electron chi connectivity index (χ2n) is 4.99. The van der Waals surface area contributed by atoms with Gasteiger partial charge in [-0.15, -0.1) is 0 Å². The smallest absolute Gasteiger partial charge is 0.341 e. The lowest BCUT2D eigenvalue weighted by Gasteiger charge is -2.09. The van der Waals surface area contributed by atoms with Gasteiger partial charge in [-0.2, -0.15) is 0 Å². The minimum absolute atomic E-state index is 0.0470. The number of ether oxygens (including phenoxy) is 2. The monoisotopic (exact) mass is 343 g/mol. The molecule has 0 saturated carbocycles. The molecule has 0 radical (unpaired) electrons. The standard InChI is InChI=1S/C17H17N3O5/c18-17(19)11-4-6-13(7-5-11)24-9-15(21)20-12-2-1-3-14(8-12)25-10-16(22)23/h1-8H,9-10H2,(H3,18,19)(H,20,21)(H,22,23). The maximum absolute atomic E-state index is 11.9. The molecule has 2 aromatic rings. The number of benzene rings is 2. The normalized spacial score (nSPS) is 9.92. The molecule has 5 N–H and O–H groups in total. The van der Waals surface area contributed by atoms with Gasteiger partial charge in [0.15, 0.2) is 13.2 Å². The van der Waals surface area contributed by atoms with Crippen LogP contribution >= 0.6 is 0 Å². The fraction of sp³-hybridized carbons (Fsp3) is 0.118. The Morgan fingerprint density at radius 1 is 1.04 bits per heavy atom. The molecule has 0 atom stereocenters. The predicted octanol–water partition coefficient (Wildman–Crippen LogP) is 1.45. The predicted molar refractivity (Wildman–Crippen MR) is 91.2 cm³/mol. The third-order valence-corrected chi connectivity index (χ3v) is 3.02. The van der Waals surface area contributed by atoms with Gasteiger partial charge in [0.1, 0.15) is 17.3 Å². The molecule has 8 nitrogen and oxygen atoms in total. The van der Waals surface area contributed by atoms with Gasteiger partial charge < -0.3 is 25.6 Å². The van der Waals surface area contributed by atoms with Crippen LogP contribution in [0.5, 0.6) is 11.5 Å². The van der Waals surface area contributed by atoms with E-state index in [0.29, 0.717) is 22.7 Å². The summed E-state index contributed by atoms with van der Waals surface area (Å²) in [5, 5.41) is 18.5. The lowest BCUT2D eigenvalue weighted by Crippen LogP contribution is -2.20. The molecule has 0 saturated heterocycles. The zero-order valence-electron chi connectivity index (χ0n) is 13.2. The van der Waals surface area contributed by atoms with E-state index in [1.54, 1.807) is 42.5 Å². The summed E-state index contributed by atoms with van der Waals surface area (Å²) in [7, 11) is 0. The second kappa shape index (κ2) is 8.34. The Bertz CT molecular complexity index is 774. The molecule has 25 heavy (non-hydrogen) atoms. The van der Waals surface area contributed by atoms with Crippen molar-refractivity contribution in [3.8, 4) is 11.5 Å². The number of amidine groups is 1. The highest BCUT2D eigenvalue weighted by Gasteiger charge is 2.06. The molecule has 0 fully saturated rings. The number of nitrogens with one attached hydrogen (secondary N) is 2. The maximum Gasteiger partial charge on any atom is 0.341 e. The number of aliphatic carboxylic acids is 1. The van der Waals surface area contributed by atoms with Gasteiger partial charge >= 0.3 is 5.97 Å². The van der Waals surface area contributed by atoms with Crippen LogP contribution in [0, 0.1) is 5.41 Å². The maximum atomic E-state index is 11.9. The van der Waals surface area contributed by atoms with Gasteiger partial charge in [0.25, 0.3) is 5.91 Å². The van der Waals surface area contributed by atoms with Crippen LogP contribution in [0.3, 0.4) is 0 Å². The molecule has 0 aromatic heterocycles. The van der Waals surface area contributed by atoms with Crippen molar-refractivity contribution < 1.29 is 24.2 Å². The molecule has 2 rings (SSSR count). The molecule has 130 valence electrons. The van der Waals surface area contributed by atoms with Crippen LogP contribution in [-0.4, -0.2) is 36.0 Å². The first-order valence-electron chi connectivity index (χ1n) is 7.26. The van der Waals surface area contributed by atoms with Crippen LogP contribution < -0.4 is 20.5 Å². The number of rotatable bonds is 8. The number of nitrogen functional groups attached to an aromatic ring is 1. The van der Waals surface area contributed by atoms with Crippen LogP contribution in [0.4, 0.5) is 5.69 Å². The first kappa shape index (κ1) is 17.8. The van der Waals surface area contributed by atoms with Gasteiger partial charge in [-0.25, -0.2) is 4.79 Å². The number of carboxylic acid groups (broad SMARTS) is 1. The lowest BCUT2D eigenvalue weighted by molar-refractivity contribution is -0.139. The number of hydrogen-bond acceptors (Lipinski definition) is 5. The minimum atomic E-state index is -1.08. The van der Waals surface area contributed by atoms with Crippen molar-refractivity contribution in [3.05, 3.63) is 54.1 Å². The van der Waals surface area contributed by atoms with Crippen LogP contribution in [0.1, 0.15) is 5.56 Å². The molecule has 0 aliphatic rings. The van der Waals surface area contributed by atoms with E-state index < -0.39 is 12.6 Å². The van der Waals surface area contributed by atoms with E-state index in [1.165, 1.54) is 6.07 Å². The Hall–Kier alpha value is -3.55. The number of carboxylic acids is 1. The molecule has 2 aromatic carbocycles. The Balaban J connectivity index is 1.86. The molecule has 8 heteroatoms. The van der Waals surface area contributed by atoms with E-state index in [4.69, 9.17) is 25.7 Å². The summed E-state index contributed by atoms with van der Waals surface area (Å²) < 4.78 is 10.4. The van der Waals surface area contributed by atoms with E-state index in [9.17, 15) is 9.59 Å². The SMILES string of the molecule is N=C(N)c1ccc(OCC(=O)Nc2cccc(OCC(=O)O)c2)cc1. The Morgan fingerprint density at radius 2 is 1.72 bits per heavy atom. The quantitative estimate of drug-likeness (QED) is 0.423. The van der Waals surface area contributed by atoms with E-state index in [1.807, 2.05) is 0 Å². The molecule has 0 bridgehead atoms. The number of carbonyl (C=O) groups excluding carboxylic acids is 1. The van der Waals surface area contributed by atoms with E-state index in [-0.39, 0.29) is 18.3 Å². The van der Waals surface area contributed by atoms with Crippen LogP contribution in [0.2, 0.25) is 0 Å². The fourth-order valence-electron chi connectivity index (χ4n) is 1.89. The highest BCUT2D eigenvalue weighted by molar-refractivity contribution is 5.95. The zero-order chi connectivity index (χ0) is 18.2. The molecular formula is C17H17N3O5. The first-order valence-corrected chi connectivity index (χ1v) is 7.26. The number of hydrogen-bond donors (Lipinski definition) is 4. The van der Waals surface area contributed by atoms with Crippen molar-refractivity contribution in [2.24, 2.45) is 5.73 Å². The van der Waals surface area contributed by atoms with Crippen molar-refractivity contribution in [2.45, 2.75) is 0 Å². The summed E-state index contributed by atoms with van der Waals surface area (Å²) in [6.45, 7) is -0.670. The van der Waals surface area contributed by atoms with Crippen molar-refractivity contribution >= 4 is 23.4 Å². The third kappa shape index (κ3) is 5.87. The molecule has 0 aliphatic carbocycles. The fourth-order valence-corrected chi connectivity index (χ4v) is 1.89. The summed E-state index contributed by atoms with van der Waals surface area (Å²) in [6.07, 6.45) is 0. The van der Waals surface area contributed by atoms with Crippen LogP contribution in [-0.2, 0) is 9.59 Å². The third-order valence-electron chi connectivity index (χ3n) is 3.02. The largest absolute Gasteiger partial charge is 0.484 e. The molecule has 0 unspecified atom stereocenters. The summed E-state index contributed by atoms with van der Waals surface area (Å²) in [6, 6.07) is 12.9. The van der Waals surface area contributed by atoms with Gasteiger partial charge in [-0.05, 0) is 36.4 Å². The molecular weight excluding hydrogens is 326 g/mol. The molecule has 0 aliphatic heterocycles. The summed E-state index contributed by atoms with van der Waals surface area (Å²) in [5.74, 6) is -0.710. The zero-order valence-corrected chi connectivity index (χ0v) is 13.2. The number of amides is 1. The highest BCUT2D eigenvalue weighted by atomic mass is 16.5. The Labute approximate surface area is 143 Å². The minimum Gasteiger partial charge on any atom is -0.484 e. The average Bonchev–Trinajstić information content (AvgIpc) is 2.59. The summed E-state index contributed by atoms with van der Waals surface area (Å²) in [4.78, 5) is 22.4. The van der Waals surface area contributed by atoms with Gasteiger partial charge in [-0.3, -0.25) is 10.2 Å². The van der Waals surface area contributed by atoms with E-state index in [0.717, 1.165) is 0 Å². The molecule has 0 spiro atoms. The first-order chi connectivity index (χ1) is 11.9.